The van der Waals surface area contributed by atoms with Crippen LogP contribution in [0.4, 0.5) is 0 Å². The molecule has 88 valence electrons. The zero-order valence-electron chi connectivity index (χ0n) is 9.87. The first-order chi connectivity index (χ1) is 7.36. The van der Waals surface area contributed by atoms with E-state index in [9.17, 15) is 0 Å². The summed E-state index contributed by atoms with van der Waals surface area (Å²) >= 11 is 0. The first-order valence-electron chi connectivity index (χ1n) is 6.43. The second-order valence-corrected chi connectivity index (χ2v) is 4.83. The molecule has 2 atom stereocenters. The highest BCUT2D eigenvalue weighted by Gasteiger charge is 2.23. The average Bonchev–Trinajstić information content (AvgIpc) is 2.85. The van der Waals surface area contributed by atoms with Gasteiger partial charge in [0.1, 0.15) is 0 Å². The molecule has 0 aromatic rings. The molecule has 0 aromatic heterocycles. The molecule has 3 heteroatoms. The van der Waals surface area contributed by atoms with E-state index in [0.29, 0.717) is 12.1 Å². The maximum Gasteiger partial charge on any atom is 0.0700 e. The van der Waals surface area contributed by atoms with Crippen molar-refractivity contribution in [2.45, 2.75) is 44.8 Å². The van der Waals surface area contributed by atoms with Gasteiger partial charge in [-0.2, -0.15) is 0 Å². The maximum atomic E-state index is 5.52. The fraction of sp³-hybridized carbons (Fsp3) is 1.00. The second-order valence-electron chi connectivity index (χ2n) is 4.83. The van der Waals surface area contributed by atoms with Crippen molar-refractivity contribution in [1.29, 1.82) is 0 Å². The highest BCUT2D eigenvalue weighted by molar-refractivity contribution is 4.79. The number of nitrogens with zero attached hydrogens (tertiary/aromatic N) is 1. The van der Waals surface area contributed by atoms with Gasteiger partial charge in [-0.15, -0.1) is 0 Å². The van der Waals surface area contributed by atoms with E-state index in [4.69, 9.17) is 4.74 Å². The van der Waals surface area contributed by atoms with Crippen molar-refractivity contribution in [3.05, 3.63) is 0 Å². The molecule has 0 amide bonds. The summed E-state index contributed by atoms with van der Waals surface area (Å²) in [6.07, 6.45) is 5.69. The Morgan fingerprint density at radius 1 is 1.33 bits per heavy atom. The summed E-state index contributed by atoms with van der Waals surface area (Å²) in [6, 6.07) is 0.601. The SMILES string of the molecule is CC1OCCC1NCCCN1CCCC1. The summed E-state index contributed by atoms with van der Waals surface area (Å²) in [7, 11) is 0. The molecular weight excluding hydrogens is 188 g/mol. The van der Waals surface area contributed by atoms with Gasteiger partial charge in [-0.25, -0.2) is 0 Å². The van der Waals surface area contributed by atoms with Gasteiger partial charge < -0.3 is 15.0 Å². The fourth-order valence-electron chi connectivity index (χ4n) is 2.60. The molecule has 0 radical (unpaired) electrons. The van der Waals surface area contributed by atoms with E-state index in [1.165, 1.54) is 45.3 Å². The second kappa shape index (κ2) is 5.83. The summed E-state index contributed by atoms with van der Waals surface area (Å²) in [5.74, 6) is 0. The molecule has 3 nitrogen and oxygen atoms in total. The van der Waals surface area contributed by atoms with Crippen LogP contribution in [0.5, 0.6) is 0 Å². The third kappa shape index (κ3) is 3.44. The molecule has 15 heavy (non-hydrogen) atoms. The Hall–Kier alpha value is -0.120. The van der Waals surface area contributed by atoms with E-state index in [2.05, 4.69) is 17.1 Å². The number of hydrogen-bond acceptors (Lipinski definition) is 3. The maximum absolute atomic E-state index is 5.52. The molecule has 0 aliphatic carbocycles. The van der Waals surface area contributed by atoms with Crippen LogP contribution in [0.25, 0.3) is 0 Å². The smallest absolute Gasteiger partial charge is 0.0700 e. The predicted octanol–water partition coefficient (Wildman–Crippen LogP) is 1.24. The highest BCUT2D eigenvalue weighted by atomic mass is 16.5. The van der Waals surface area contributed by atoms with Gasteiger partial charge in [0, 0.05) is 12.6 Å². The van der Waals surface area contributed by atoms with E-state index in [1.54, 1.807) is 0 Å². The summed E-state index contributed by atoms with van der Waals surface area (Å²) in [5.41, 5.74) is 0. The molecule has 1 N–H and O–H groups in total. The number of rotatable bonds is 5. The molecule has 2 unspecified atom stereocenters. The first kappa shape index (κ1) is 11.4. The Morgan fingerprint density at radius 2 is 2.13 bits per heavy atom. The van der Waals surface area contributed by atoms with Crippen LogP contribution >= 0.6 is 0 Å². The fourth-order valence-corrected chi connectivity index (χ4v) is 2.60. The quantitative estimate of drug-likeness (QED) is 0.694. The van der Waals surface area contributed by atoms with Crippen molar-refractivity contribution in [1.82, 2.24) is 10.2 Å². The van der Waals surface area contributed by atoms with Crippen molar-refractivity contribution < 1.29 is 4.74 Å². The minimum absolute atomic E-state index is 0.414. The monoisotopic (exact) mass is 212 g/mol. The molecule has 2 saturated heterocycles. The zero-order valence-corrected chi connectivity index (χ0v) is 9.87. The lowest BCUT2D eigenvalue weighted by atomic mass is 10.1. The zero-order chi connectivity index (χ0) is 10.5. The molecule has 0 spiro atoms. The van der Waals surface area contributed by atoms with Gasteiger partial charge in [0.15, 0.2) is 0 Å². The molecule has 2 rings (SSSR count). The molecule has 2 heterocycles. The van der Waals surface area contributed by atoms with Gasteiger partial charge >= 0.3 is 0 Å². The van der Waals surface area contributed by atoms with Crippen LogP contribution in [0.1, 0.15) is 32.6 Å². The first-order valence-corrected chi connectivity index (χ1v) is 6.43. The Bertz CT molecular complexity index is 180. The summed E-state index contributed by atoms with van der Waals surface area (Å²) < 4.78 is 5.52. The average molecular weight is 212 g/mol. The number of likely N-dealkylation sites (tertiary alicyclic amines) is 1. The van der Waals surface area contributed by atoms with Crippen LogP contribution < -0.4 is 5.32 Å². The normalized spacial score (nSPS) is 32.6. The summed E-state index contributed by atoms with van der Waals surface area (Å²) in [4.78, 5) is 2.58. The Labute approximate surface area is 93.2 Å². The number of ether oxygens (including phenoxy) is 1. The summed E-state index contributed by atoms with van der Waals surface area (Å²) in [5, 5.41) is 3.60. The minimum atomic E-state index is 0.414. The van der Waals surface area contributed by atoms with Crippen LogP contribution in [0.3, 0.4) is 0 Å². The van der Waals surface area contributed by atoms with Crippen LogP contribution in [-0.2, 0) is 4.74 Å². The van der Waals surface area contributed by atoms with Gasteiger partial charge in [0.25, 0.3) is 0 Å². The standard InChI is InChI=1S/C12H24N2O/c1-11-12(5-10-15-11)13-6-4-9-14-7-2-3-8-14/h11-13H,2-10H2,1H3. The van der Waals surface area contributed by atoms with E-state index >= 15 is 0 Å². The topological polar surface area (TPSA) is 24.5 Å². The summed E-state index contributed by atoms with van der Waals surface area (Å²) in [6.45, 7) is 8.17. The van der Waals surface area contributed by atoms with E-state index in [1.807, 2.05) is 0 Å². The van der Waals surface area contributed by atoms with Gasteiger partial charge in [-0.1, -0.05) is 0 Å². The highest BCUT2D eigenvalue weighted by Crippen LogP contribution is 2.12. The molecule has 2 aliphatic rings. The van der Waals surface area contributed by atoms with Crippen LogP contribution in [-0.4, -0.2) is 49.8 Å². The van der Waals surface area contributed by atoms with Gasteiger partial charge in [-0.05, 0) is 58.8 Å². The van der Waals surface area contributed by atoms with Gasteiger partial charge in [-0.3, -0.25) is 0 Å². The molecular formula is C12H24N2O. The molecule has 0 saturated carbocycles. The lowest BCUT2D eigenvalue weighted by molar-refractivity contribution is 0.113. The molecule has 2 fully saturated rings. The minimum Gasteiger partial charge on any atom is -0.377 e. The largest absolute Gasteiger partial charge is 0.377 e. The third-order valence-electron chi connectivity index (χ3n) is 3.63. The lowest BCUT2D eigenvalue weighted by Gasteiger charge is -2.18. The molecule has 0 bridgehead atoms. The van der Waals surface area contributed by atoms with E-state index < -0.39 is 0 Å². The van der Waals surface area contributed by atoms with Gasteiger partial charge in [0.05, 0.1) is 6.10 Å². The van der Waals surface area contributed by atoms with Gasteiger partial charge in [0.2, 0.25) is 0 Å². The predicted molar refractivity (Wildman–Crippen MR) is 62.1 cm³/mol. The number of nitrogens with one attached hydrogen (secondary N) is 1. The van der Waals surface area contributed by atoms with Crippen molar-refractivity contribution in [2.24, 2.45) is 0 Å². The number of hydrogen-bond donors (Lipinski definition) is 1. The molecule has 2 aliphatic heterocycles. The Balaban J connectivity index is 1.51. The third-order valence-corrected chi connectivity index (χ3v) is 3.63. The van der Waals surface area contributed by atoms with Crippen LogP contribution in [0.15, 0.2) is 0 Å². The van der Waals surface area contributed by atoms with E-state index in [0.717, 1.165) is 13.2 Å². The van der Waals surface area contributed by atoms with Crippen LogP contribution in [0.2, 0.25) is 0 Å². The van der Waals surface area contributed by atoms with Crippen molar-refractivity contribution in [3.63, 3.8) is 0 Å². The molecule has 0 aromatic carbocycles. The van der Waals surface area contributed by atoms with Crippen LogP contribution in [0, 0.1) is 0 Å². The van der Waals surface area contributed by atoms with E-state index in [-0.39, 0.29) is 0 Å². The van der Waals surface area contributed by atoms with Crippen molar-refractivity contribution in [2.75, 3.05) is 32.8 Å². The Kier molecular flexibility index (Phi) is 4.42. The lowest BCUT2D eigenvalue weighted by Crippen LogP contribution is -2.36. The van der Waals surface area contributed by atoms with Crippen molar-refractivity contribution in [3.8, 4) is 0 Å². The van der Waals surface area contributed by atoms with Crippen molar-refractivity contribution >= 4 is 0 Å². The Morgan fingerprint density at radius 3 is 2.80 bits per heavy atom.